The van der Waals surface area contributed by atoms with E-state index < -0.39 is 22.9 Å². The summed E-state index contributed by atoms with van der Waals surface area (Å²) in [6.07, 6.45) is 0.806. The maximum absolute atomic E-state index is 12.3. The third kappa shape index (κ3) is 1.48. The Balaban J connectivity index is 2.16. The van der Waals surface area contributed by atoms with Gasteiger partial charge in [-0.1, -0.05) is 13.8 Å². The number of ether oxygens (including phenoxy) is 1. The van der Waals surface area contributed by atoms with Gasteiger partial charge in [0.15, 0.2) is 0 Å². The number of fused-ring (bicyclic) bond motifs is 1. The molecule has 1 heterocycles. The Morgan fingerprint density at radius 1 is 1.44 bits per heavy atom. The summed E-state index contributed by atoms with van der Waals surface area (Å²) in [5.41, 5.74) is 10.0. The van der Waals surface area contributed by atoms with Crippen LogP contribution in [0.3, 0.4) is 0 Å². The molecule has 1 aliphatic heterocycles. The summed E-state index contributed by atoms with van der Waals surface area (Å²) in [5, 5.41) is 2.60. The average Bonchev–Trinajstić information content (AvgIpc) is 2.75. The van der Waals surface area contributed by atoms with Crippen molar-refractivity contribution in [1.82, 2.24) is 5.32 Å². The van der Waals surface area contributed by atoms with Crippen molar-refractivity contribution in [2.75, 3.05) is 6.61 Å². The Morgan fingerprint density at radius 3 is 2.61 bits per heavy atom. The van der Waals surface area contributed by atoms with Crippen LogP contribution >= 0.6 is 0 Å². The first-order valence-electron chi connectivity index (χ1n) is 6.23. The summed E-state index contributed by atoms with van der Waals surface area (Å²) >= 11 is 0. The molecule has 2 aliphatic rings. The van der Waals surface area contributed by atoms with Gasteiger partial charge in [-0.15, -0.1) is 0 Å². The second kappa shape index (κ2) is 3.93. The van der Waals surface area contributed by atoms with Crippen LogP contribution in [0.25, 0.3) is 0 Å². The lowest BCUT2D eigenvalue weighted by Crippen LogP contribution is -2.80. The van der Waals surface area contributed by atoms with Crippen molar-refractivity contribution in [3.05, 3.63) is 0 Å². The Kier molecular flexibility index (Phi) is 2.90. The molecule has 0 radical (unpaired) electrons. The summed E-state index contributed by atoms with van der Waals surface area (Å²) in [6.45, 7) is 6.04. The topological polar surface area (TPSA) is 107 Å². The molecule has 0 bridgehead atoms. The first kappa shape index (κ1) is 13.3. The third-order valence-corrected chi connectivity index (χ3v) is 4.60. The van der Waals surface area contributed by atoms with Gasteiger partial charge in [-0.05, 0) is 13.3 Å². The second-order valence-corrected chi connectivity index (χ2v) is 5.87. The van der Waals surface area contributed by atoms with E-state index in [9.17, 15) is 9.59 Å². The molecule has 0 aromatic heterocycles. The van der Waals surface area contributed by atoms with Crippen molar-refractivity contribution in [2.24, 2.45) is 22.8 Å². The van der Waals surface area contributed by atoms with E-state index in [0.717, 1.165) is 6.42 Å². The highest BCUT2D eigenvalue weighted by atomic mass is 16.5. The molecular weight excluding hydrogens is 234 g/mol. The van der Waals surface area contributed by atoms with E-state index in [1.807, 2.05) is 13.8 Å². The zero-order valence-corrected chi connectivity index (χ0v) is 11.0. The van der Waals surface area contributed by atoms with Crippen LogP contribution in [0.2, 0.25) is 0 Å². The van der Waals surface area contributed by atoms with E-state index in [0.29, 0.717) is 6.61 Å². The van der Waals surface area contributed by atoms with E-state index >= 15 is 0 Å². The maximum atomic E-state index is 12.3. The summed E-state index contributed by atoms with van der Waals surface area (Å²) in [7, 11) is 0. The highest BCUT2D eigenvalue weighted by molar-refractivity contribution is 5.93. The zero-order chi connectivity index (χ0) is 13.7. The van der Waals surface area contributed by atoms with Crippen LogP contribution in [0.5, 0.6) is 0 Å². The van der Waals surface area contributed by atoms with E-state index in [1.54, 1.807) is 6.92 Å². The quantitative estimate of drug-likeness (QED) is 0.608. The fourth-order valence-electron chi connectivity index (χ4n) is 3.23. The number of nitrogens with one attached hydrogen (secondary N) is 1. The Labute approximate surface area is 106 Å². The van der Waals surface area contributed by atoms with Gasteiger partial charge in [-0.25, -0.2) is 0 Å². The van der Waals surface area contributed by atoms with Gasteiger partial charge in [-0.2, -0.15) is 0 Å². The van der Waals surface area contributed by atoms with Gasteiger partial charge in [0.05, 0.1) is 6.10 Å². The fourth-order valence-corrected chi connectivity index (χ4v) is 3.23. The number of hydrogen-bond donors (Lipinski definition) is 3. The van der Waals surface area contributed by atoms with Crippen LogP contribution in [0, 0.1) is 11.3 Å². The number of amides is 2. The van der Waals surface area contributed by atoms with Crippen molar-refractivity contribution < 1.29 is 14.3 Å². The fraction of sp³-hybridized carbons (Fsp3) is 0.833. The largest absolute Gasteiger partial charge is 0.377 e. The minimum atomic E-state index is -0.988. The minimum Gasteiger partial charge on any atom is -0.377 e. The van der Waals surface area contributed by atoms with Crippen LogP contribution in [0.4, 0.5) is 0 Å². The van der Waals surface area contributed by atoms with Gasteiger partial charge in [0.25, 0.3) is 0 Å². The molecule has 1 saturated carbocycles. The van der Waals surface area contributed by atoms with Crippen LogP contribution in [-0.2, 0) is 14.3 Å². The minimum absolute atomic E-state index is 0.0209. The zero-order valence-electron chi connectivity index (χ0n) is 11.0. The third-order valence-electron chi connectivity index (χ3n) is 4.60. The lowest BCUT2D eigenvalue weighted by Gasteiger charge is -2.60. The lowest BCUT2D eigenvalue weighted by atomic mass is 9.48. The van der Waals surface area contributed by atoms with Gasteiger partial charge in [0.1, 0.15) is 11.6 Å². The molecule has 0 aromatic carbocycles. The lowest BCUT2D eigenvalue weighted by molar-refractivity contribution is -0.176. The smallest absolute Gasteiger partial charge is 0.241 e. The highest BCUT2D eigenvalue weighted by Crippen LogP contribution is 2.58. The molecule has 5 N–H and O–H groups in total. The average molecular weight is 255 g/mol. The van der Waals surface area contributed by atoms with Crippen molar-refractivity contribution in [3.8, 4) is 0 Å². The standard InChI is InChI=1S/C12H21N3O3/c1-6(9(13)16)15-10(17)12(14)7-4-5-18-8(7)11(12,2)3/h6-8H,4-5,14H2,1-3H3,(H2,13,16)(H,15,17). The summed E-state index contributed by atoms with van der Waals surface area (Å²) in [4.78, 5) is 23.3. The molecule has 6 nitrogen and oxygen atoms in total. The van der Waals surface area contributed by atoms with E-state index in [2.05, 4.69) is 5.32 Å². The predicted molar refractivity (Wildman–Crippen MR) is 65.3 cm³/mol. The maximum Gasteiger partial charge on any atom is 0.241 e. The molecule has 1 aliphatic carbocycles. The van der Waals surface area contributed by atoms with E-state index in [-0.39, 0.29) is 17.9 Å². The molecular formula is C12H21N3O3. The molecule has 102 valence electrons. The number of nitrogens with two attached hydrogens (primary N) is 2. The molecule has 2 amide bonds. The number of primary amides is 1. The van der Waals surface area contributed by atoms with Gasteiger partial charge in [0.2, 0.25) is 11.8 Å². The monoisotopic (exact) mass is 255 g/mol. The van der Waals surface area contributed by atoms with Crippen LogP contribution in [-0.4, -0.2) is 36.1 Å². The molecule has 1 saturated heterocycles. The van der Waals surface area contributed by atoms with E-state index in [1.165, 1.54) is 0 Å². The number of carbonyl (C=O) groups is 2. The van der Waals surface area contributed by atoms with Gasteiger partial charge in [0, 0.05) is 17.9 Å². The first-order chi connectivity index (χ1) is 8.23. The summed E-state index contributed by atoms with van der Waals surface area (Å²) in [5.74, 6) is -0.860. The molecule has 18 heavy (non-hydrogen) atoms. The summed E-state index contributed by atoms with van der Waals surface area (Å²) < 4.78 is 5.61. The second-order valence-electron chi connectivity index (χ2n) is 5.87. The van der Waals surface area contributed by atoms with Crippen molar-refractivity contribution >= 4 is 11.8 Å². The van der Waals surface area contributed by atoms with Crippen LogP contribution in [0.1, 0.15) is 27.2 Å². The van der Waals surface area contributed by atoms with Crippen LogP contribution in [0.15, 0.2) is 0 Å². The van der Waals surface area contributed by atoms with Crippen molar-refractivity contribution in [2.45, 2.75) is 44.9 Å². The molecule has 4 atom stereocenters. The Bertz CT molecular complexity index is 396. The van der Waals surface area contributed by atoms with Gasteiger partial charge >= 0.3 is 0 Å². The Morgan fingerprint density at radius 2 is 2.06 bits per heavy atom. The molecule has 4 unspecified atom stereocenters. The normalized spacial score (nSPS) is 38.4. The highest BCUT2D eigenvalue weighted by Gasteiger charge is 2.71. The predicted octanol–water partition coefficient (Wildman–Crippen LogP) is -0.881. The van der Waals surface area contributed by atoms with E-state index in [4.69, 9.17) is 16.2 Å². The van der Waals surface area contributed by atoms with Crippen molar-refractivity contribution in [3.63, 3.8) is 0 Å². The molecule has 0 aromatic rings. The molecule has 6 heteroatoms. The summed E-state index contributed by atoms with van der Waals surface area (Å²) in [6, 6.07) is -0.713. The molecule has 0 spiro atoms. The first-order valence-corrected chi connectivity index (χ1v) is 6.23. The van der Waals surface area contributed by atoms with Crippen molar-refractivity contribution in [1.29, 1.82) is 0 Å². The van der Waals surface area contributed by atoms with Gasteiger partial charge in [-0.3, -0.25) is 9.59 Å². The SMILES string of the molecule is CC(NC(=O)C1(N)C2CCOC2C1(C)C)C(N)=O. The van der Waals surface area contributed by atoms with Crippen LogP contribution < -0.4 is 16.8 Å². The number of rotatable bonds is 3. The molecule has 2 rings (SSSR count). The molecule has 2 fully saturated rings. The number of carbonyl (C=O) groups excluding carboxylic acids is 2. The Hall–Kier alpha value is -1.14. The van der Waals surface area contributed by atoms with Gasteiger partial charge < -0.3 is 21.5 Å². The number of hydrogen-bond acceptors (Lipinski definition) is 4.